The summed E-state index contributed by atoms with van der Waals surface area (Å²) < 4.78 is 22.4. The molecule has 1 aliphatic carbocycles. The average Bonchev–Trinajstić information content (AvgIpc) is 3.56. The van der Waals surface area contributed by atoms with Crippen molar-refractivity contribution in [3.8, 4) is 5.75 Å². The number of ether oxygens (including phenoxy) is 3. The average molecular weight is 584 g/mol. The Bertz CT molecular complexity index is 1500. The van der Waals surface area contributed by atoms with E-state index in [0.29, 0.717) is 43.8 Å². The molecule has 1 aliphatic heterocycles. The molecule has 3 heterocycles. The summed E-state index contributed by atoms with van der Waals surface area (Å²) in [6.07, 6.45) is 6.75. The van der Waals surface area contributed by atoms with Crippen LogP contribution in [0.25, 0.3) is 27.7 Å². The third-order valence-corrected chi connectivity index (χ3v) is 8.72. The summed E-state index contributed by atoms with van der Waals surface area (Å²) in [4.78, 5) is 17.9. The summed E-state index contributed by atoms with van der Waals surface area (Å²) in [7, 11) is 1.67. The summed E-state index contributed by atoms with van der Waals surface area (Å²) in [6, 6.07) is 10.7. The van der Waals surface area contributed by atoms with Crippen LogP contribution >= 0.6 is 15.9 Å². The molecule has 4 aromatic rings. The quantitative estimate of drug-likeness (QED) is 0.274. The van der Waals surface area contributed by atoms with Gasteiger partial charge in [0.2, 0.25) is 5.78 Å². The number of imidazole rings is 1. The molecule has 0 spiro atoms. The summed E-state index contributed by atoms with van der Waals surface area (Å²) in [6.45, 7) is 4.09. The second kappa shape index (κ2) is 11.3. The first-order chi connectivity index (χ1) is 18.7. The second-order valence-electron chi connectivity index (χ2n) is 10.4. The molecule has 2 aromatic carbocycles. The van der Waals surface area contributed by atoms with Crippen molar-refractivity contribution in [1.29, 1.82) is 0 Å². The number of methoxy groups -OCH3 is 1. The topological polar surface area (TPSA) is 79.0 Å². The highest BCUT2D eigenvalue weighted by Crippen LogP contribution is 2.41. The van der Waals surface area contributed by atoms with Gasteiger partial charge in [0.15, 0.2) is 0 Å². The van der Waals surface area contributed by atoms with Crippen LogP contribution in [0.3, 0.4) is 0 Å². The normalized spacial score (nSPS) is 17.3. The van der Waals surface area contributed by atoms with Crippen molar-refractivity contribution in [1.82, 2.24) is 19.3 Å². The molecule has 8 nitrogen and oxygen atoms in total. The Hall–Kier alpha value is -2.46. The molecule has 0 atom stereocenters. The smallest absolute Gasteiger partial charge is 0.283 e. The van der Waals surface area contributed by atoms with Crippen LogP contribution in [0, 0.1) is 0 Å². The van der Waals surface area contributed by atoms with E-state index in [9.17, 15) is 4.79 Å². The highest BCUT2D eigenvalue weighted by atomic mass is 79.9. The molecule has 1 saturated carbocycles. The monoisotopic (exact) mass is 582 g/mol. The maximum absolute atomic E-state index is 13.3. The predicted molar refractivity (Wildman–Crippen MR) is 153 cm³/mol. The van der Waals surface area contributed by atoms with Crippen LogP contribution < -0.4 is 15.6 Å². The van der Waals surface area contributed by atoms with Gasteiger partial charge in [-0.15, -0.1) is 0 Å². The van der Waals surface area contributed by atoms with E-state index in [1.165, 1.54) is 18.4 Å². The van der Waals surface area contributed by atoms with Gasteiger partial charge >= 0.3 is 0 Å². The van der Waals surface area contributed by atoms with E-state index in [1.807, 2.05) is 18.2 Å². The first-order valence-electron chi connectivity index (χ1n) is 13.8. The van der Waals surface area contributed by atoms with Gasteiger partial charge in [0.05, 0.1) is 41.8 Å². The number of nitrogens with zero attached hydrogens (tertiary/aromatic N) is 3. The first kappa shape index (κ1) is 25.8. The van der Waals surface area contributed by atoms with Crippen LogP contribution in [0.1, 0.15) is 56.0 Å². The minimum Gasteiger partial charge on any atom is -0.491 e. The van der Waals surface area contributed by atoms with Crippen LogP contribution in [0.4, 0.5) is 0 Å². The van der Waals surface area contributed by atoms with Gasteiger partial charge in [-0.05, 0) is 84.4 Å². The summed E-state index contributed by atoms with van der Waals surface area (Å²) in [5, 5.41) is 4.09. The summed E-state index contributed by atoms with van der Waals surface area (Å²) in [5.74, 6) is 2.03. The number of nitrogens with one attached hydrogen (secondary N) is 1. The van der Waals surface area contributed by atoms with E-state index >= 15 is 0 Å². The van der Waals surface area contributed by atoms with Gasteiger partial charge in [0.1, 0.15) is 12.4 Å². The van der Waals surface area contributed by atoms with Crippen LogP contribution in [0.15, 0.2) is 39.6 Å². The van der Waals surface area contributed by atoms with Crippen molar-refractivity contribution in [3.63, 3.8) is 0 Å². The zero-order chi connectivity index (χ0) is 26.1. The van der Waals surface area contributed by atoms with E-state index in [2.05, 4.69) is 47.3 Å². The number of hydrogen-bond acceptors (Lipinski definition) is 6. The molecule has 0 unspecified atom stereocenters. The Morgan fingerprint density at radius 1 is 1.00 bits per heavy atom. The van der Waals surface area contributed by atoms with Crippen molar-refractivity contribution in [2.24, 2.45) is 0 Å². The summed E-state index contributed by atoms with van der Waals surface area (Å²) in [5.41, 5.74) is 4.06. The van der Waals surface area contributed by atoms with Gasteiger partial charge in [0.25, 0.3) is 5.56 Å². The molecule has 2 fully saturated rings. The molecule has 38 heavy (non-hydrogen) atoms. The number of fused-ring (bicyclic) bond motifs is 5. The Kier molecular flexibility index (Phi) is 7.70. The standard InChI is InChI=1S/C29H35BrN4O4/c1-36-13-14-37-15-16-38-26-18-25-24(17-21(26)19-9-11-31-12-10-19)33(20-5-2-3-6-20)29-32-28(35)27-22(30)7-4-8-23(27)34(25)29/h4,7-8,17-20,31H,2-3,5-6,9-16H2,1H3. The van der Waals surface area contributed by atoms with Gasteiger partial charge in [-0.2, -0.15) is 4.98 Å². The molecule has 2 aliphatic rings. The van der Waals surface area contributed by atoms with Crippen molar-refractivity contribution in [3.05, 3.63) is 50.7 Å². The van der Waals surface area contributed by atoms with E-state index in [0.717, 1.165) is 71.3 Å². The lowest BCUT2D eigenvalue weighted by atomic mass is 9.89. The zero-order valence-electron chi connectivity index (χ0n) is 21.9. The van der Waals surface area contributed by atoms with Gasteiger partial charge in [0, 0.05) is 23.7 Å². The van der Waals surface area contributed by atoms with Gasteiger partial charge in [-0.1, -0.05) is 18.9 Å². The fourth-order valence-electron chi connectivity index (χ4n) is 6.22. The predicted octanol–water partition coefficient (Wildman–Crippen LogP) is 5.19. The molecule has 1 N–H and O–H groups in total. The minimum absolute atomic E-state index is 0.196. The van der Waals surface area contributed by atoms with Crippen molar-refractivity contribution in [2.45, 2.75) is 50.5 Å². The third-order valence-electron chi connectivity index (χ3n) is 8.06. The number of hydrogen-bond donors (Lipinski definition) is 1. The molecule has 0 bridgehead atoms. The largest absolute Gasteiger partial charge is 0.491 e. The molecule has 6 rings (SSSR count). The Labute approximate surface area is 230 Å². The Morgan fingerprint density at radius 3 is 2.58 bits per heavy atom. The Morgan fingerprint density at radius 2 is 1.79 bits per heavy atom. The lowest BCUT2D eigenvalue weighted by Gasteiger charge is -2.25. The minimum atomic E-state index is -0.196. The number of benzene rings is 2. The number of rotatable bonds is 9. The van der Waals surface area contributed by atoms with Crippen LogP contribution in [0.5, 0.6) is 5.75 Å². The van der Waals surface area contributed by atoms with E-state index in [4.69, 9.17) is 14.2 Å². The van der Waals surface area contributed by atoms with E-state index in [-0.39, 0.29) is 5.56 Å². The number of aromatic nitrogens is 3. The fraction of sp³-hybridized carbons (Fsp3) is 0.517. The van der Waals surface area contributed by atoms with Crippen molar-refractivity contribution >= 4 is 43.6 Å². The number of piperidine rings is 1. The SMILES string of the molecule is COCCOCCOc1cc2c(cc1C1CCNCC1)n(C1CCCC1)c1nc(=O)c3c(Br)cccc3n21. The van der Waals surface area contributed by atoms with Gasteiger partial charge in [-0.25, -0.2) is 0 Å². The van der Waals surface area contributed by atoms with E-state index in [1.54, 1.807) is 7.11 Å². The zero-order valence-corrected chi connectivity index (χ0v) is 23.5. The maximum atomic E-state index is 13.3. The molecule has 0 radical (unpaired) electrons. The van der Waals surface area contributed by atoms with Crippen LogP contribution in [0.2, 0.25) is 0 Å². The molecular formula is C29H35BrN4O4. The van der Waals surface area contributed by atoms with Crippen molar-refractivity contribution < 1.29 is 14.2 Å². The van der Waals surface area contributed by atoms with Crippen molar-refractivity contribution in [2.75, 3.05) is 46.6 Å². The molecular weight excluding hydrogens is 548 g/mol. The first-order valence-corrected chi connectivity index (χ1v) is 14.6. The molecule has 202 valence electrons. The summed E-state index contributed by atoms with van der Waals surface area (Å²) >= 11 is 3.60. The van der Waals surface area contributed by atoms with E-state index < -0.39 is 0 Å². The third kappa shape index (κ3) is 4.74. The lowest BCUT2D eigenvalue weighted by molar-refractivity contribution is 0.0542. The maximum Gasteiger partial charge on any atom is 0.283 e. The van der Waals surface area contributed by atoms with Crippen LogP contribution in [-0.2, 0) is 9.47 Å². The highest BCUT2D eigenvalue weighted by Gasteiger charge is 2.28. The molecule has 1 saturated heterocycles. The lowest BCUT2D eigenvalue weighted by Crippen LogP contribution is -2.27. The van der Waals surface area contributed by atoms with Gasteiger partial charge < -0.3 is 24.1 Å². The Balaban J connectivity index is 1.55. The molecule has 0 amide bonds. The fourth-order valence-corrected chi connectivity index (χ4v) is 6.75. The highest BCUT2D eigenvalue weighted by molar-refractivity contribution is 9.10. The van der Waals surface area contributed by atoms with Gasteiger partial charge in [-0.3, -0.25) is 9.20 Å². The molecule has 9 heteroatoms. The van der Waals surface area contributed by atoms with Crippen LogP contribution in [-0.4, -0.2) is 60.6 Å². The molecule has 2 aromatic heterocycles. The second-order valence-corrected chi connectivity index (χ2v) is 11.2. The number of halogens is 1.